The lowest BCUT2D eigenvalue weighted by Gasteiger charge is -2.21. The van der Waals surface area contributed by atoms with Crippen molar-refractivity contribution >= 4 is 23.1 Å². The second-order valence-corrected chi connectivity index (χ2v) is 6.06. The van der Waals surface area contributed by atoms with Crippen molar-refractivity contribution in [1.29, 1.82) is 0 Å². The number of thioether (sulfide) groups is 1. The molecule has 0 amide bonds. The van der Waals surface area contributed by atoms with Crippen LogP contribution in [0.15, 0.2) is 5.38 Å². The van der Waals surface area contributed by atoms with Crippen molar-refractivity contribution in [3.05, 3.63) is 16.1 Å². The largest absolute Gasteiger partial charge is 0.388 e. The molecule has 0 radical (unpaired) electrons. The van der Waals surface area contributed by atoms with Crippen molar-refractivity contribution in [2.24, 2.45) is 0 Å². The molecule has 0 spiro atoms. The van der Waals surface area contributed by atoms with Gasteiger partial charge in [0.2, 0.25) is 0 Å². The maximum atomic E-state index is 10.1. The maximum Gasteiger partial charge on any atom is 0.107 e. The van der Waals surface area contributed by atoms with Gasteiger partial charge in [-0.25, -0.2) is 4.98 Å². The quantitative estimate of drug-likeness (QED) is 0.840. The van der Waals surface area contributed by atoms with Gasteiger partial charge >= 0.3 is 0 Å². The third kappa shape index (κ3) is 3.17. The van der Waals surface area contributed by atoms with Crippen LogP contribution in [-0.4, -0.2) is 33.7 Å². The summed E-state index contributed by atoms with van der Waals surface area (Å²) in [5, 5.41) is 16.5. The van der Waals surface area contributed by atoms with Crippen molar-refractivity contribution in [3.8, 4) is 0 Å². The molecule has 0 bridgehead atoms. The number of aromatic nitrogens is 1. The van der Waals surface area contributed by atoms with Gasteiger partial charge < -0.3 is 10.4 Å². The fraction of sp³-hybridized carbons (Fsp3) is 0.700. The molecule has 1 aliphatic rings. The predicted molar refractivity (Wildman–Crippen MR) is 65.4 cm³/mol. The molecule has 84 valence electrons. The summed E-state index contributed by atoms with van der Waals surface area (Å²) >= 11 is 3.50. The molecule has 15 heavy (non-hydrogen) atoms. The van der Waals surface area contributed by atoms with E-state index in [9.17, 15) is 5.11 Å². The van der Waals surface area contributed by atoms with Crippen LogP contribution in [0.1, 0.15) is 17.1 Å². The lowest BCUT2D eigenvalue weighted by Crippen LogP contribution is -2.40. The Bertz CT molecular complexity index is 321. The Kier molecular flexibility index (Phi) is 3.66. The Morgan fingerprint density at radius 3 is 3.13 bits per heavy atom. The van der Waals surface area contributed by atoms with Crippen LogP contribution in [0.3, 0.4) is 0 Å². The summed E-state index contributed by atoms with van der Waals surface area (Å²) in [5.74, 6) is 1.94. The SMILES string of the molecule is Cc1csc(CNCC2(O)CCSC2)n1. The Morgan fingerprint density at radius 2 is 2.53 bits per heavy atom. The van der Waals surface area contributed by atoms with Crippen molar-refractivity contribution in [1.82, 2.24) is 10.3 Å². The van der Waals surface area contributed by atoms with E-state index in [2.05, 4.69) is 15.7 Å². The molecule has 0 aromatic carbocycles. The molecule has 1 aromatic heterocycles. The minimum absolute atomic E-state index is 0.489. The van der Waals surface area contributed by atoms with Crippen LogP contribution in [0.2, 0.25) is 0 Å². The number of aryl methyl sites for hydroxylation is 1. The topological polar surface area (TPSA) is 45.1 Å². The van der Waals surface area contributed by atoms with Gasteiger partial charge in [-0.15, -0.1) is 11.3 Å². The van der Waals surface area contributed by atoms with Gasteiger partial charge in [-0.1, -0.05) is 0 Å². The molecule has 1 saturated heterocycles. The van der Waals surface area contributed by atoms with Crippen molar-refractivity contribution in [2.75, 3.05) is 18.1 Å². The summed E-state index contributed by atoms with van der Waals surface area (Å²) in [6.45, 7) is 3.45. The highest BCUT2D eigenvalue weighted by atomic mass is 32.2. The van der Waals surface area contributed by atoms with E-state index in [-0.39, 0.29) is 0 Å². The average Bonchev–Trinajstić information content (AvgIpc) is 2.76. The summed E-state index contributed by atoms with van der Waals surface area (Å²) < 4.78 is 0. The minimum Gasteiger partial charge on any atom is -0.388 e. The first-order valence-electron chi connectivity index (χ1n) is 5.10. The van der Waals surface area contributed by atoms with E-state index in [0.29, 0.717) is 6.54 Å². The van der Waals surface area contributed by atoms with E-state index in [1.165, 1.54) is 0 Å². The van der Waals surface area contributed by atoms with E-state index in [0.717, 1.165) is 35.2 Å². The zero-order valence-corrected chi connectivity index (χ0v) is 10.5. The molecule has 5 heteroatoms. The molecule has 2 rings (SSSR count). The smallest absolute Gasteiger partial charge is 0.107 e. The van der Waals surface area contributed by atoms with Crippen LogP contribution in [0, 0.1) is 6.92 Å². The molecule has 0 aliphatic carbocycles. The molecule has 2 N–H and O–H groups in total. The van der Waals surface area contributed by atoms with Crippen molar-refractivity contribution in [2.45, 2.75) is 25.5 Å². The molecule has 1 aliphatic heterocycles. The monoisotopic (exact) mass is 244 g/mol. The van der Waals surface area contributed by atoms with Gasteiger partial charge in [-0.2, -0.15) is 11.8 Å². The summed E-state index contributed by atoms with van der Waals surface area (Å²) in [4.78, 5) is 4.37. The van der Waals surface area contributed by atoms with Gasteiger partial charge in [0.1, 0.15) is 5.01 Å². The van der Waals surface area contributed by atoms with Crippen LogP contribution in [0.25, 0.3) is 0 Å². The van der Waals surface area contributed by atoms with Crippen LogP contribution in [0.5, 0.6) is 0 Å². The summed E-state index contributed by atoms with van der Waals surface area (Å²) in [5.41, 5.74) is 0.587. The molecular weight excluding hydrogens is 228 g/mol. The number of hydrogen-bond donors (Lipinski definition) is 2. The molecule has 3 nitrogen and oxygen atoms in total. The molecular formula is C10H16N2OS2. The first-order chi connectivity index (χ1) is 7.18. The number of thiazole rings is 1. The molecule has 1 unspecified atom stereocenters. The van der Waals surface area contributed by atoms with Crippen LogP contribution >= 0.6 is 23.1 Å². The lowest BCUT2D eigenvalue weighted by molar-refractivity contribution is 0.0674. The summed E-state index contributed by atoms with van der Waals surface area (Å²) in [6.07, 6.45) is 0.904. The zero-order chi connectivity index (χ0) is 10.7. The van der Waals surface area contributed by atoms with Gasteiger partial charge in [-0.3, -0.25) is 0 Å². The second-order valence-electron chi connectivity index (χ2n) is 4.01. The minimum atomic E-state index is -0.489. The van der Waals surface area contributed by atoms with Crippen molar-refractivity contribution in [3.63, 3.8) is 0 Å². The Balaban J connectivity index is 1.75. The normalized spacial score (nSPS) is 26.0. The lowest BCUT2D eigenvalue weighted by atomic mass is 10.0. The number of nitrogens with one attached hydrogen (secondary N) is 1. The fourth-order valence-corrected chi connectivity index (χ4v) is 3.66. The average molecular weight is 244 g/mol. The summed E-state index contributed by atoms with van der Waals surface area (Å²) in [7, 11) is 0. The van der Waals surface area contributed by atoms with Crippen LogP contribution < -0.4 is 5.32 Å². The van der Waals surface area contributed by atoms with Gasteiger partial charge in [0.25, 0.3) is 0 Å². The molecule has 1 atom stereocenters. The molecule has 1 aromatic rings. The second kappa shape index (κ2) is 4.82. The number of hydrogen-bond acceptors (Lipinski definition) is 5. The summed E-state index contributed by atoms with van der Waals surface area (Å²) in [6, 6.07) is 0. The Morgan fingerprint density at radius 1 is 1.67 bits per heavy atom. The predicted octanol–water partition coefficient (Wildman–Crippen LogP) is 1.41. The highest BCUT2D eigenvalue weighted by Crippen LogP contribution is 2.27. The standard InChI is InChI=1S/C10H16N2OS2/c1-8-5-15-9(12-8)4-11-6-10(13)2-3-14-7-10/h5,11,13H,2-4,6-7H2,1H3. The van der Waals surface area contributed by atoms with Crippen LogP contribution in [-0.2, 0) is 6.54 Å². The van der Waals surface area contributed by atoms with E-state index in [1.807, 2.05) is 18.7 Å². The van der Waals surface area contributed by atoms with E-state index >= 15 is 0 Å². The maximum absolute atomic E-state index is 10.1. The van der Waals surface area contributed by atoms with E-state index in [4.69, 9.17) is 0 Å². The highest BCUT2D eigenvalue weighted by molar-refractivity contribution is 7.99. The number of nitrogens with zero attached hydrogens (tertiary/aromatic N) is 1. The third-order valence-corrected chi connectivity index (χ3v) is 4.68. The number of rotatable bonds is 4. The zero-order valence-electron chi connectivity index (χ0n) is 8.82. The Labute approximate surface area is 98.3 Å². The van der Waals surface area contributed by atoms with Crippen molar-refractivity contribution < 1.29 is 5.11 Å². The van der Waals surface area contributed by atoms with Gasteiger partial charge in [0.15, 0.2) is 0 Å². The molecule has 0 saturated carbocycles. The van der Waals surface area contributed by atoms with E-state index in [1.54, 1.807) is 11.3 Å². The van der Waals surface area contributed by atoms with Gasteiger partial charge in [0.05, 0.1) is 5.60 Å². The van der Waals surface area contributed by atoms with Gasteiger partial charge in [0, 0.05) is 29.9 Å². The Hall–Kier alpha value is -0.100. The fourth-order valence-electron chi connectivity index (χ4n) is 1.62. The molecule has 1 fully saturated rings. The first kappa shape index (κ1) is 11.4. The first-order valence-corrected chi connectivity index (χ1v) is 7.13. The van der Waals surface area contributed by atoms with Gasteiger partial charge in [-0.05, 0) is 19.1 Å². The highest BCUT2D eigenvalue weighted by Gasteiger charge is 2.30. The van der Waals surface area contributed by atoms with Crippen LogP contribution in [0.4, 0.5) is 0 Å². The number of aliphatic hydroxyl groups is 1. The van der Waals surface area contributed by atoms with E-state index < -0.39 is 5.60 Å². The third-order valence-electron chi connectivity index (χ3n) is 2.48. The molecule has 2 heterocycles.